The Hall–Kier alpha value is -2.17. The molecule has 1 amide bonds. The molecule has 2 aliphatic heterocycles. The summed E-state index contributed by atoms with van der Waals surface area (Å²) in [5.74, 6) is -1.14. The summed E-state index contributed by atoms with van der Waals surface area (Å²) in [6.07, 6.45) is 3.86. The molecule has 2 saturated heterocycles. The summed E-state index contributed by atoms with van der Waals surface area (Å²) >= 11 is 0. The number of carbonyl (C=O) groups is 2. The van der Waals surface area contributed by atoms with Gasteiger partial charge in [-0.2, -0.15) is 0 Å². The van der Waals surface area contributed by atoms with Crippen molar-refractivity contribution in [3.63, 3.8) is 0 Å². The second-order valence-electron chi connectivity index (χ2n) is 7.68. The number of hydrogen-bond donors (Lipinski definition) is 1. The molecular formula is C20H29N3O6S. The van der Waals surface area contributed by atoms with E-state index in [1.165, 1.54) is 26.2 Å². The molecule has 166 valence electrons. The maximum Gasteiger partial charge on any atom is 0.340 e. The highest BCUT2D eigenvalue weighted by Crippen LogP contribution is 2.28. The quantitative estimate of drug-likeness (QED) is 0.602. The minimum atomic E-state index is -3.71. The third-order valence-corrected chi connectivity index (χ3v) is 7.11. The number of ether oxygens (including phenoxy) is 2. The fourth-order valence-corrected chi connectivity index (χ4v) is 4.51. The first-order chi connectivity index (χ1) is 14.3. The standard InChI is InChI=1S/C20H29N3O6S/c1-22(2)30(26,27)16-7-8-18(23-9-3-4-10-23)17(12-16)20(25)29-14-19(24)21-13-15-6-5-11-28-15/h7-8,12,15H,3-6,9-11,13-14H2,1-2H3,(H,21,24). The fourth-order valence-electron chi connectivity index (χ4n) is 3.58. The molecule has 2 aliphatic rings. The zero-order valence-corrected chi connectivity index (χ0v) is 18.2. The van der Waals surface area contributed by atoms with Crippen LogP contribution in [0.1, 0.15) is 36.0 Å². The van der Waals surface area contributed by atoms with Crippen molar-refractivity contribution in [3.05, 3.63) is 23.8 Å². The number of carbonyl (C=O) groups excluding carboxylic acids is 2. The molecule has 2 fully saturated rings. The Morgan fingerprint density at radius 2 is 1.97 bits per heavy atom. The fraction of sp³-hybridized carbons (Fsp3) is 0.600. The third kappa shape index (κ3) is 5.30. The number of rotatable bonds is 8. The van der Waals surface area contributed by atoms with Crippen molar-refractivity contribution in [1.29, 1.82) is 0 Å². The lowest BCUT2D eigenvalue weighted by atomic mass is 10.1. The van der Waals surface area contributed by atoms with E-state index in [0.29, 0.717) is 18.8 Å². The van der Waals surface area contributed by atoms with E-state index in [2.05, 4.69) is 5.32 Å². The molecule has 0 bridgehead atoms. The van der Waals surface area contributed by atoms with Crippen LogP contribution in [0.5, 0.6) is 0 Å². The van der Waals surface area contributed by atoms with Gasteiger partial charge in [0.25, 0.3) is 5.91 Å². The highest BCUT2D eigenvalue weighted by Gasteiger charge is 2.26. The van der Waals surface area contributed by atoms with Crippen LogP contribution >= 0.6 is 0 Å². The summed E-state index contributed by atoms with van der Waals surface area (Å²) < 4.78 is 36.7. The van der Waals surface area contributed by atoms with Crippen molar-refractivity contribution in [2.24, 2.45) is 0 Å². The molecule has 0 radical (unpaired) electrons. The third-order valence-electron chi connectivity index (χ3n) is 5.30. The van der Waals surface area contributed by atoms with Gasteiger partial charge in [-0.3, -0.25) is 4.79 Å². The van der Waals surface area contributed by atoms with Crippen LogP contribution in [0.25, 0.3) is 0 Å². The SMILES string of the molecule is CN(C)S(=O)(=O)c1ccc(N2CCCC2)c(C(=O)OCC(=O)NCC2CCCO2)c1. The lowest BCUT2D eigenvalue weighted by molar-refractivity contribution is -0.124. The normalized spacial score (nSPS) is 19.3. The van der Waals surface area contributed by atoms with Crippen LogP contribution in [0.4, 0.5) is 5.69 Å². The molecule has 2 heterocycles. The van der Waals surface area contributed by atoms with Crippen LogP contribution in [0.15, 0.2) is 23.1 Å². The van der Waals surface area contributed by atoms with Gasteiger partial charge in [-0.25, -0.2) is 17.5 Å². The molecular weight excluding hydrogens is 410 g/mol. The van der Waals surface area contributed by atoms with Gasteiger partial charge < -0.3 is 19.7 Å². The van der Waals surface area contributed by atoms with Crippen molar-refractivity contribution in [2.75, 3.05) is 51.8 Å². The molecule has 1 N–H and O–H groups in total. The summed E-state index contributed by atoms with van der Waals surface area (Å²) in [7, 11) is -0.847. The van der Waals surface area contributed by atoms with E-state index in [4.69, 9.17) is 9.47 Å². The minimum Gasteiger partial charge on any atom is -0.452 e. The summed E-state index contributed by atoms with van der Waals surface area (Å²) in [5, 5.41) is 2.70. The van der Waals surface area contributed by atoms with Crippen molar-refractivity contribution in [1.82, 2.24) is 9.62 Å². The number of nitrogens with zero attached hydrogens (tertiary/aromatic N) is 2. The maximum atomic E-state index is 12.8. The Bertz CT molecular complexity index is 875. The first-order valence-electron chi connectivity index (χ1n) is 10.2. The van der Waals surface area contributed by atoms with E-state index < -0.39 is 28.5 Å². The van der Waals surface area contributed by atoms with E-state index in [1.807, 2.05) is 4.90 Å². The van der Waals surface area contributed by atoms with Crippen molar-refractivity contribution in [3.8, 4) is 0 Å². The lowest BCUT2D eigenvalue weighted by Crippen LogP contribution is -2.35. The predicted octanol–water partition coefficient (Wildman–Crippen LogP) is 0.989. The molecule has 0 aromatic heterocycles. The van der Waals surface area contributed by atoms with Gasteiger partial charge in [-0.15, -0.1) is 0 Å². The number of sulfonamides is 1. The summed E-state index contributed by atoms with van der Waals surface area (Å²) in [4.78, 5) is 26.8. The van der Waals surface area contributed by atoms with Crippen molar-refractivity contribution < 1.29 is 27.5 Å². The smallest absolute Gasteiger partial charge is 0.340 e. The van der Waals surface area contributed by atoms with Gasteiger partial charge >= 0.3 is 5.97 Å². The Balaban J connectivity index is 1.72. The largest absolute Gasteiger partial charge is 0.452 e. The topological polar surface area (TPSA) is 105 Å². The van der Waals surface area contributed by atoms with Gasteiger partial charge in [0.15, 0.2) is 6.61 Å². The molecule has 30 heavy (non-hydrogen) atoms. The summed E-state index contributed by atoms with van der Waals surface area (Å²) in [6.45, 7) is 2.20. The zero-order chi connectivity index (χ0) is 21.7. The van der Waals surface area contributed by atoms with Gasteiger partial charge in [0, 0.05) is 40.3 Å². The highest BCUT2D eigenvalue weighted by atomic mass is 32.2. The zero-order valence-electron chi connectivity index (χ0n) is 17.4. The summed E-state index contributed by atoms with van der Waals surface area (Å²) in [5.41, 5.74) is 0.765. The number of esters is 1. The monoisotopic (exact) mass is 439 g/mol. The molecule has 3 rings (SSSR count). The van der Waals surface area contributed by atoms with Crippen LogP contribution in [-0.4, -0.2) is 77.6 Å². The Labute approximate surface area is 177 Å². The molecule has 0 spiro atoms. The van der Waals surface area contributed by atoms with E-state index in [1.54, 1.807) is 6.07 Å². The van der Waals surface area contributed by atoms with Gasteiger partial charge in [0.1, 0.15) is 0 Å². The van der Waals surface area contributed by atoms with Crippen molar-refractivity contribution >= 4 is 27.6 Å². The van der Waals surface area contributed by atoms with Crippen LogP contribution in [-0.2, 0) is 24.3 Å². The van der Waals surface area contributed by atoms with Crippen LogP contribution in [0.3, 0.4) is 0 Å². The van der Waals surface area contributed by atoms with Gasteiger partial charge in [-0.1, -0.05) is 0 Å². The molecule has 1 aromatic carbocycles. The van der Waals surface area contributed by atoms with Crippen LogP contribution in [0, 0.1) is 0 Å². The minimum absolute atomic E-state index is 0.000609. The lowest BCUT2D eigenvalue weighted by Gasteiger charge is -2.22. The molecule has 9 nitrogen and oxygen atoms in total. The van der Waals surface area contributed by atoms with Crippen molar-refractivity contribution in [2.45, 2.75) is 36.7 Å². The van der Waals surface area contributed by atoms with E-state index in [-0.39, 0.29) is 16.6 Å². The number of anilines is 1. The maximum absolute atomic E-state index is 12.8. The Morgan fingerprint density at radius 3 is 2.60 bits per heavy atom. The molecule has 1 atom stereocenters. The van der Waals surface area contributed by atoms with E-state index in [0.717, 1.165) is 43.1 Å². The summed E-state index contributed by atoms with van der Waals surface area (Å²) in [6, 6.07) is 4.46. The average molecular weight is 440 g/mol. The molecule has 10 heteroatoms. The molecule has 0 aliphatic carbocycles. The highest BCUT2D eigenvalue weighted by molar-refractivity contribution is 7.89. The van der Waals surface area contributed by atoms with Gasteiger partial charge in [-0.05, 0) is 43.9 Å². The molecule has 1 unspecified atom stereocenters. The van der Waals surface area contributed by atoms with Gasteiger partial charge in [0.2, 0.25) is 10.0 Å². The predicted molar refractivity (Wildman–Crippen MR) is 111 cm³/mol. The first-order valence-corrected chi connectivity index (χ1v) is 11.6. The molecule has 0 saturated carbocycles. The second kappa shape index (κ2) is 9.76. The first kappa shape index (κ1) is 22.5. The average Bonchev–Trinajstić information content (AvgIpc) is 3.44. The van der Waals surface area contributed by atoms with Gasteiger partial charge in [0.05, 0.1) is 22.3 Å². The Kier molecular flexibility index (Phi) is 7.32. The number of benzene rings is 1. The van der Waals surface area contributed by atoms with Crippen LogP contribution < -0.4 is 10.2 Å². The number of nitrogens with one attached hydrogen (secondary N) is 1. The van der Waals surface area contributed by atoms with E-state index in [9.17, 15) is 18.0 Å². The van der Waals surface area contributed by atoms with Crippen LogP contribution in [0.2, 0.25) is 0 Å². The number of hydrogen-bond acceptors (Lipinski definition) is 7. The van der Waals surface area contributed by atoms with E-state index >= 15 is 0 Å². The number of amides is 1. The second-order valence-corrected chi connectivity index (χ2v) is 9.83. The Morgan fingerprint density at radius 1 is 1.23 bits per heavy atom. The molecule has 1 aromatic rings.